The van der Waals surface area contributed by atoms with E-state index in [0.717, 1.165) is 16.3 Å². The molecule has 3 rings (SSSR count). The van der Waals surface area contributed by atoms with Gasteiger partial charge in [-0.05, 0) is 32.9 Å². The van der Waals surface area contributed by atoms with Crippen LogP contribution in [0, 0.1) is 20.8 Å². The third kappa shape index (κ3) is 4.22. The fourth-order valence-corrected chi connectivity index (χ4v) is 3.79. The number of aromatic nitrogens is 1. The molecule has 0 N–H and O–H groups in total. The minimum absolute atomic E-state index is 0.0103. The molecule has 26 heavy (non-hydrogen) atoms. The second-order valence-electron chi connectivity index (χ2n) is 6.42. The number of ether oxygens (including phenoxy) is 1. The number of carbonyl (C=O) groups excluding carboxylic acids is 2. The summed E-state index contributed by atoms with van der Waals surface area (Å²) < 4.78 is 5.56. The highest BCUT2D eigenvalue weighted by Crippen LogP contribution is 2.20. The van der Waals surface area contributed by atoms with Gasteiger partial charge in [-0.25, -0.2) is 4.98 Å². The summed E-state index contributed by atoms with van der Waals surface area (Å²) in [5, 5.41) is 0.896. The van der Waals surface area contributed by atoms with E-state index in [9.17, 15) is 9.59 Å². The fraction of sp³-hybridized carbons (Fsp3) is 0.421. The van der Waals surface area contributed by atoms with E-state index >= 15 is 0 Å². The third-order valence-electron chi connectivity index (χ3n) is 4.40. The number of piperazine rings is 1. The number of thiazole rings is 1. The van der Waals surface area contributed by atoms with Crippen molar-refractivity contribution in [2.24, 2.45) is 0 Å². The van der Waals surface area contributed by atoms with Crippen molar-refractivity contribution in [3.63, 3.8) is 0 Å². The lowest BCUT2D eigenvalue weighted by Gasteiger charge is -2.34. The van der Waals surface area contributed by atoms with E-state index in [-0.39, 0.29) is 18.4 Å². The molecule has 7 heteroatoms. The lowest BCUT2D eigenvalue weighted by molar-refractivity contribution is -0.134. The van der Waals surface area contributed by atoms with E-state index in [4.69, 9.17) is 4.74 Å². The highest BCUT2D eigenvalue weighted by molar-refractivity contribution is 7.13. The van der Waals surface area contributed by atoms with Gasteiger partial charge in [-0.3, -0.25) is 9.59 Å². The molecule has 2 heterocycles. The summed E-state index contributed by atoms with van der Waals surface area (Å²) >= 11 is 1.43. The van der Waals surface area contributed by atoms with E-state index in [1.807, 2.05) is 45.0 Å². The number of hydrogen-bond acceptors (Lipinski definition) is 5. The Morgan fingerprint density at radius 1 is 1.04 bits per heavy atom. The molecule has 0 aliphatic carbocycles. The summed E-state index contributed by atoms with van der Waals surface area (Å²) in [5.74, 6) is 0.646. The molecular formula is C19H23N3O3S. The summed E-state index contributed by atoms with van der Waals surface area (Å²) in [6.07, 6.45) is 0. The van der Waals surface area contributed by atoms with Gasteiger partial charge in [0, 0.05) is 26.2 Å². The molecule has 0 bridgehead atoms. The van der Waals surface area contributed by atoms with Crippen LogP contribution in [0.25, 0.3) is 0 Å². The molecule has 1 aromatic heterocycles. The highest BCUT2D eigenvalue weighted by Gasteiger charge is 2.27. The molecule has 1 fully saturated rings. The second-order valence-corrected chi connectivity index (χ2v) is 7.63. The quantitative estimate of drug-likeness (QED) is 0.826. The van der Waals surface area contributed by atoms with Crippen molar-refractivity contribution < 1.29 is 14.3 Å². The summed E-state index contributed by atoms with van der Waals surface area (Å²) in [7, 11) is 0. The number of carbonyl (C=O) groups is 2. The van der Waals surface area contributed by atoms with E-state index in [0.29, 0.717) is 36.8 Å². The van der Waals surface area contributed by atoms with E-state index in [1.54, 1.807) is 9.80 Å². The first-order valence-electron chi connectivity index (χ1n) is 8.64. The Bertz CT molecular complexity index is 793. The summed E-state index contributed by atoms with van der Waals surface area (Å²) in [6.45, 7) is 7.90. The van der Waals surface area contributed by atoms with Gasteiger partial charge < -0.3 is 14.5 Å². The maximum Gasteiger partial charge on any atom is 0.265 e. The first-order valence-corrected chi connectivity index (χ1v) is 9.46. The molecule has 2 amide bonds. The number of aryl methyl sites for hydroxylation is 3. The number of amides is 2. The fourth-order valence-electron chi connectivity index (χ4n) is 2.90. The zero-order chi connectivity index (χ0) is 18.7. The topological polar surface area (TPSA) is 62.7 Å². The van der Waals surface area contributed by atoms with Gasteiger partial charge in [-0.15, -0.1) is 11.3 Å². The van der Waals surface area contributed by atoms with Crippen molar-refractivity contribution in [2.75, 3.05) is 32.8 Å². The van der Waals surface area contributed by atoms with Crippen LogP contribution in [-0.4, -0.2) is 59.4 Å². The van der Waals surface area contributed by atoms with Crippen molar-refractivity contribution >= 4 is 23.2 Å². The zero-order valence-electron chi connectivity index (χ0n) is 15.3. The molecule has 1 aliphatic heterocycles. The molecule has 138 valence electrons. The first-order chi connectivity index (χ1) is 12.4. The Balaban J connectivity index is 1.49. The summed E-state index contributed by atoms with van der Waals surface area (Å²) in [5.41, 5.74) is 1.93. The Labute approximate surface area is 157 Å². The largest absolute Gasteiger partial charge is 0.484 e. The van der Waals surface area contributed by atoms with Crippen LogP contribution in [0.4, 0.5) is 0 Å². The second kappa shape index (κ2) is 7.86. The number of rotatable bonds is 4. The number of nitrogens with zero attached hydrogens (tertiary/aromatic N) is 3. The third-order valence-corrected chi connectivity index (χ3v) is 5.46. The molecule has 0 saturated carbocycles. The molecule has 1 aliphatic rings. The molecule has 0 unspecified atom stereocenters. The minimum atomic E-state index is -0.0533. The van der Waals surface area contributed by atoms with Crippen LogP contribution in [0.5, 0.6) is 5.75 Å². The van der Waals surface area contributed by atoms with Gasteiger partial charge in [0.2, 0.25) is 0 Å². The van der Waals surface area contributed by atoms with Gasteiger partial charge in [0.05, 0.1) is 10.7 Å². The molecule has 6 nitrogen and oxygen atoms in total. The standard InChI is InChI=1S/C19H23N3O3S/c1-13-4-6-16(7-5-13)25-12-17(23)21-8-10-22(11-9-21)19(24)18-14(2)20-15(3)26-18/h4-7H,8-12H2,1-3H3. The van der Waals surface area contributed by atoms with Crippen LogP contribution >= 0.6 is 11.3 Å². The zero-order valence-corrected chi connectivity index (χ0v) is 16.1. The summed E-state index contributed by atoms with van der Waals surface area (Å²) in [4.78, 5) is 33.5. The van der Waals surface area contributed by atoms with E-state index < -0.39 is 0 Å². The van der Waals surface area contributed by atoms with Crippen LogP contribution in [0.3, 0.4) is 0 Å². The average molecular weight is 373 g/mol. The molecule has 0 radical (unpaired) electrons. The summed E-state index contributed by atoms with van der Waals surface area (Å²) in [6, 6.07) is 7.62. The van der Waals surface area contributed by atoms with Gasteiger partial charge in [-0.1, -0.05) is 17.7 Å². The lowest BCUT2D eigenvalue weighted by atomic mass is 10.2. The minimum Gasteiger partial charge on any atom is -0.484 e. The Hall–Kier alpha value is -2.41. The maximum atomic E-state index is 12.6. The normalized spacial score (nSPS) is 14.4. The van der Waals surface area contributed by atoms with Gasteiger partial charge in [0.1, 0.15) is 10.6 Å². The van der Waals surface area contributed by atoms with Gasteiger partial charge in [-0.2, -0.15) is 0 Å². The molecular weight excluding hydrogens is 350 g/mol. The van der Waals surface area contributed by atoms with Gasteiger partial charge in [0.25, 0.3) is 11.8 Å². The van der Waals surface area contributed by atoms with Crippen molar-refractivity contribution in [1.82, 2.24) is 14.8 Å². The monoisotopic (exact) mass is 373 g/mol. The molecule has 0 spiro atoms. The van der Waals surface area contributed by atoms with Crippen molar-refractivity contribution in [2.45, 2.75) is 20.8 Å². The first kappa shape index (κ1) is 18.4. The SMILES string of the molecule is Cc1ccc(OCC(=O)N2CCN(C(=O)c3sc(C)nc3C)CC2)cc1. The number of hydrogen-bond donors (Lipinski definition) is 0. The van der Waals surface area contributed by atoms with Crippen LogP contribution in [0.15, 0.2) is 24.3 Å². The predicted octanol–water partition coefficient (Wildman–Crippen LogP) is 2.43. The highest BCUT2D eigenvalue weighted by atomic mass is 32.1. The van der Waals surface area contributed by atoms with Crippen molar-refractivity contribution in [3.05, 3.63) is 45.4 Å². The Morgan fingerprint density at radius 3 is 2.23 bits per heavy atom. The Kier molecular flexibility index (Phi) is 5.56. The van der Waals surface area contributed by atoms with Crippen LogP contribution < -0.4 is 4.74 Å². The van der Waals surface area contributed by atoms with Crippen molar-refractivity contribution in [1.29, 1.82) is 0 Å². The van der Waals surface area contributed by atoms with Crippen LogP contribution in [-0.2, 0) is 4.79 Å². The molecule has 1 aromatic carbocycles. The number of benzene rings is 1. The Morgan fingerprint density at radius 2 is 1.65 bits per heavy atom. The molecule has 2 aromatic rings. The van der Waals surface area contributed by atoms with Gasteiger partial charge in [0.15, 0.2) is 6.61 Å². The predicted molar refractivity (Wildman–Crippen MR) is 101 cm³/mol. The maximum absolute atomic E-state index is 12.6. The van der Waals surface area contributed by atoms with Gasteiger partial charge >= 0.3 is 0 Å². The lowest BCUT2D eigenvalue weighted by Crippen LogP contribution is -2.51. The molecule has 1 saturated heterocycles. The van der Waals surface area contributed by atoms with E-state index in [1.165, 1.54) is 11.3 Å². The smallest absolute Gasteiger partial charge is 0.265 e. The molecule has 0 atom stereocenters. The van der Waals surface area contributed by atoms with Crippen LogP contribution in [0.2, 0.25) is 0 Å². The van der Waals surface area contributed by atoms with E-state index in [2.05, 4.69) is 4.98 Å². The van der Waals surface area contributed by atoms with Crippen molar-refractivity contribution in [3.8, 4) is 5.75 Å². The average Bonchev–Trinajstić information content (AvgIpc) is 2.98. The van der Waals surface area contributed by atoms with Crippen LogP contribution in [0.1, 0.15) is 25.9 Å².